The molecular weight excluding hydrogens is 204 g/mol. The molecule has 0 spiro atoms. The molecule has 0 bridgehead atoms. The van der Waals surface area contributed by atoms with Crippen LogP contribution in [0.3, 0.4) is 0 Å². The van der Waals surface area contributed by atoms with E-state index in [1.54, 1.807) is 0 Å². The Bertz CT molecular complexity index is 431. The van der Waals surface area contributed by atoms with Crippen molar-refractivity contribution in [2.24, 2.45) is 5.11 Å². The van der Waals surface area contributed by atoms with Gasteiger partial charge in [0.2, 0.25) is 0 Å². The van der Waals surface area contributed by atoms with Crippen LogP contribution >= 0.6 is 0 Å². The lowest BCUT2D eigenvalue weighted by atomic mass is 10.1. The van der Waals surface area contributed by atoms with Gasteiger partial charge in [-0.25, -0.2) is 5.53 Å². The molecule has 0 aliphatic heterocycles. The van der Waals surface area contributed by atoms with Crippen molar-refractivity contribution in [3.63, 3.8) is 0 Å². The number of nitrogens with one attached hydrogen (secondary N) is 1. The van der Waals surface area contributed by atoms with Crippen LogP contribution in [0.5, 0.6) is 0 Å². The minimum atomic E-state index is -0.729. The van der Waals surface area contributed by atoms with Gasteiger partial charge in [0, 0.05) is 6.07 Å². The summed E-state index contributed by atoms with van der Waals surface area (Å²) in [5.41, 5.74) is 6.03. The van der Waals surface area contributed by atoms with E-state index < -0.39 is 9.85 Å². The zero-order valence-corrected chi connectivity index (χ0v) is 7.41. The minimum absolute atomic E-state index is 0.158. The number of hydrogen-bond acceptors (Lipinski definition) is 6. The molecule has 0 saturated carbocycles. The van der Waals surface area contributed by atoms with Gasteiger partial charge >= 0.3 is 0 Å². The molecule has 78 valence electrons. The van der Waals surface area contributed by atoms with Crippen LogP contribution in [-0.2, 0) is 6.54 Å². The number of nitro benzene ring substituents is 2. The third-order valence-corrected chi connectivity index (χ3v) is 1.73. The van der Waals surface area contributed by atoms with Crippen molar-refractivity contribution in [1.82, 2.24) is 0 Å². The molecule has 0 amide bonds. The minimum Gasteiger partial charge on any atom is -0.258 e. The second-order valence-electron chi connectivity index (χ2n) is 2.64. The van der Waals surface area contributed by atoms with Crippen molar-refractivity contribution in [2.75, 3.05) is 0 Å². The summed E-state index contributed by atoms with van der Waals surface area (Å²) in [6.45, 7) is -0.158. The van der Waals surface area contributed by atoms with Crippen molar-refractivity contribution >= 4 is 11.4 Å². The van der Waals surface area contributed by atoms with E-state index in [4.69, 9.17) is 5.53 Å². The van der Waals surface area contributed by atoms with E-state index in [-0.39, 0.29) is 23.5 Å². The van der Waals surface area contributed by atoms with Crippen LogP contribution < -0.4 is 0 Å². The monoisotopic (exact) mass is 210 g/mol. The fraction of sp³-hybridized carbons (Fsp3) is 0.143. The van der Waals surface area contributed by atoms with E-state index in [0.717, 1.165) is 12.1 Å². The molecule has 0 heterocycles. The van der Waals surface area contributed by atoms with Crippen molar-refractivity contribution in [1.29, 1.82) is 5.53 Å². The summed E-state index contributed by atoms with van der Waals surface area (Å²) >= 11 is 0. The van der Waals surface area contributed by atoms with Crippen LogP contribution in [0.2, 0.25) is 0 Å². The largest absolute Gasteiger partial charge is 0.281 e. The quantitative estimate of drug-likeness (QED) is 0.463. The lowest BCUT2D eigenvalue weighted by Crippen LogP contribution is -1.96. The number of rotatable bonds is 4. The maximum atomic E-state index is 10.6. The van der Waals surface area contributed by atoms with Crippen molar-refractivity contribution in [3.05, 3.63) is 44.0 Å². The standard InChI is InChI=1S/C7H6N4O4/c8-9-4-5-1-2-6(10(12)13)3-7(5)11(14)15/h1-3,8H,4H2. The summed E-state index contributed by atoms with van der Waals surface area (Å²) in [6, 6.07) is 3.24. The second-order valence-corrected chi connectivity index (χ2v) is 2.64. The molecule has 1 aromatic carbocycles. The predicted octanol–water partition coefficient (Wildman–Crippen LogP) is 2.03. The van der Waals surface area contributed by atoms with Gasteiger partial charge in [0.15, 0.2) is 0 Å². The van der Waals surface area contributed by atoms with Gasteiger partial charge in [0.1, 0.15) is 0 Å². The Kier molecular flexibility index (Phi) is 3.01. The number of hydrogen-bond donors (Lipinski definition) is 1. The summed E-state index contributed by atoms with van der Waals surface area (Å²) in [5.74, 6) is 0. The molecule has 0 saturated heterocycles. The Labute approximate surface area is 83.3 Å². The summed E-state index contributed by atoms with van der Waals surface area (Å²) in [4.78, 5) is 19.5. The van der Waals surface area contributed by atoms with Crippen LogP contribution in [0.15, 0.2) is 23.3 Å². The molecule has 0 aliphatic rings. The topological polar surface area (TPSA) is 122 Å². The Hall–Kier alpha value is -2.38. The van der Waals surface area contributed by atoms with Gasteiger partial charge in [-0.05, 0) is 6.07 Å². The Morgan fingerprint density at radius 3 is 2.40 bits per heavy atom. The molecule has 15 heavy (non-hydrogen) atoms. The number of nitro groups is 2. The van der Waals surface area contributed by atoms with Crippen LogP contribution in [0.25, 0.3) is 0 Å². The highest BCUT2D eigenvalue weighted by molar-refractivity contribution is 5.49. The normalized spacial score (nSPS) is 9.60. The molecule has 0 atom stereocenters. The maximum absolute atomic E-state index is 10.6. The van der Waals surface area contributed by atoms with Crippen molar-refractivity contribution in [3.8, 4) is 0 Å². The number of non-ortho nitro benzene ring substituents is 1. The molecule has 8 nitrogen and oxygen atoms in total. The molecule has 8 heteroatoms. The van der Waals surface area contributed by atoms with Gasteiger partial charge in [-0.1, -0.05) is 0 Å². The first kappa shape index (κ1) is 10.7. The average Bonchev–Trinajstić information content (AvgIpc) is 2.18. The van der Waals surface area contributed by atoms with E-state index in [9.17, 15) is 20.2 Å². The molecule has 0 aromatic heterocycles. The highest BCUT2D eigenvalue weighted by atomic mass is 16.6. The molecule has 0 radical (unpaired) electrons. The van der Waals surface area contributed by atoms with Crippen molar-refractivity contribution < 1.29 is 9.85 Å². The second kappa shape index (κ2) is 4.22. The smallest absolute Gasteiger partial charge is 0.258 e. The average molecular weight is 210 g/mol. The van der Waals surface area contributed by atoms with Crippen LogP contribution in [0, 0.1) is 25.8 Å². The first-order valence-corrected chi connectivity index (χ1v) is 3.81. The first-order chi connectivity index (χ1) is 7.06. The van der Waals surface area contributed by atoms with E-state index in [0.29, 0.717) is 0 Å². The molecule has 1 N–H and O–H groups in total. The SMILES string of the molecule is N=NCc1ccc([N+](=O)[O-])cc1[N+](=O)[O-]. The lowest BCUT2D eigenvalue weighted by molar-refractivity contribution is -0.394. The maximum Gasteiger partial charge on any atom is 0.281 e. The Morgan fingerprint density at radius 1 is 1.27 bits per heavy atom. The highest BCUT2D eigenvalue weighted by Gasteiger charge is 2.18. The van der Waals surface area contributed by atoms with Crippen LogP contribution in [-0.4, -0.2) is 9.85 Å². The van der Waals surface area contributed by atoms with E-state index in [1.807, 2.05) is 0 Å². The van der Waals surface area contributed by atoms with Gasteiger partial charge in [-0.3, -0.25) is 20.2 Å². The van der Waals surface area contributed by atoms with E-state index in [2.05, 4.69) is 5.11 Å². The van der Waals surface area contributed by atoms with Gasteiger partial charge in [-0.2, -0.15) is 5.11 Å². The fourth-order valence-corrected chi connectivity index (χ4v) is 1.05. The van der Waals surface area contributed by atoms with Crippen molar-refractivity contribution in [2.45, 2.75) is 6.54 Å². The predicted molar refractivity (Wildman–Crippen MR) is 48.6 cm³/mol. The fourth-order valence-electron chi connectivity index (χ4n) is 1.05. The first-order valence-electron chi connectivity index (χ1n) is 3.81. The Balaban J connectivity index is 3.26. The van der Waals surface area contributed by atoms with Gasteiger partial charge in [-0.15, -0.1) is 0 Å². The number of benzene rings is 1. The molecule has 0 unspecified atom stereocenters. The zero-order valence-electron chi connectivity index (χ0n) is 7.41. The third-order valence-electron chi connectivity index (χ3n) is 1.73. The summed E-state index contributed by atoms with van der Waals surface area (Å²) in [6.07, 6.45) is 0. The van der Waals surface area contributed by atoms with Crippen LogP contribution in [0.1, 0.15) is 5.56 Å². The summed E-state index contributed by atoms with van der Waals surface area (Å²) < 4.78 is 0. The summed E-state index contributed by atoms with van der Waals surface area (Å²) in [7, 11) is 0. The molecule has 1 aromatic rings. The lowest BCUT2D eigenvalue weighted by Gasteiger charge is -1.98. The van der Waals surface area contributed by atoms with Gasteiger partial charge in [0.05, 0.1) is 28.0 Å². The Morgan fingerprint density at radius 2 is 1.93 bits per heavy atom. The molecule has 0 aliphatic carbocycles. The number of nitrogens with zero attached hydrogens (tertiary/aromatic N) is 3. The molecular formula is C7H6N4O4. The molecule has 0 fully saturated rings. The summed E-state index contributed by atoms with van der Waals surface area (Å²) in [5, 5.41) is 23.9. The van der Waals surface area contributed by atoms with E-state index >= 15 is 0 Å². The molecule has 1 rings (SSSR count). The van der Waals surface area contributed by atoms with Gasteiger partial charge in [0.25, 0.3) is 11.4 Å². The zero-order chi connectivity index (χ0) is 11.4. The van der Waals surface area contributed by atoms with Gasteiger partial charge < -0.3 is 0 Å². The third kappa shape index (κ3) is 2.30. The highest BCUT2D eigenvalue weighted by Crippen LogP contribution is 2.24. The van der Waals surface area contributed by atoms with E-state index in [1.165, 1.54) is 6.07 Å². The van der Waals surface area contributed by atoms with Crippen LogP contribution in [0.4, 0.5) is 11.4 Å².